The summed E-state index contributed by atoms with van der Waals surface area (Å²) in [4.78, 5) is 15.9. The lowest BCUT2D eigenvalue weighted by molar-refractivity contribution is 0.669. The van der Waals surface area contributed by atoms with Crippen molar-refractivity contribution >= 4 is 65.8 Å². The van der Waals surface area contributed by atoms with E-state index in [1.807, 2.05) is 42.5 Å². The van der Waals surface area contributed by atoms with Crippen LogP contribution in [0.25, 0.3) is 111 Å². The van der Waals surface area contributed by atoms with Crippen molar-refractivity contribution in [2.45, 2.75) is 12.8 Å². The molecule has 60 heavy (non-hydrogen) atoms. The standard InChI is InChI=1S/C55H35N3O2/c1-3-14-34(15-4-1)35-26-28-37(29-27-35)53-56-54(58-55(57-53)45-22-13-25-49-50(45)43-20-9-11-23-47(43)59-49)39-32-38-18-7-8-19-40(38)46(33-39)42-31-30-41(36-16-5-2-6-17-36)52-51(42)44-21-10-12-24-48(44)60-52/h1-26,28,30-33H,27,29H2. The van der Waals surface area contributed by atoms with Gasteiger partial charge in [-0.05, 0) is 93.4 Å². The maximum absolute atomic E-state index is 6.72. The van der Waals surface area contributed by atoms with Crippen molar-refractivity contribution in [3.63, 3.8) is 0 Å². The third kappa shape index (κ3) is 5.66. The molecule has 0 atom stereocenters. The topological polar surface area (TPSA) is 65.0 Å². The van der Waals surface area contributed by atoms with E-state index in [0.717, 1.165) is 106 Å². The molecule has 11 aromatic rings. The molecule has 5 heteroatoms. The molecule has 0 saturated heterocycles. The van der Waals surface area contributed by atoms with Crippen molar-refractivity contribution in [2.24, 2.45) is 0 Å². The highest BCUT2D eigenvalue weighted by molar-refractivity contribution is 6.19. The Balaban J connectivity index is 1.10. The third-order valence-electron chi connectivity index (χ3n) is 11.9. The molecular formula is C55H35N3O2. The van der Waals surface area contributed by atoms with Crippen molar-refractivity contribution in [1.82, 2.24) is 15.0 Å². The van der Waals surface area contributed by atoms with Crippen LogP contribution in [-0.4, -0.2) is 15.0 Å². The Labute approximate surface area is 345 Å². The minimum absolute atomic E-state index is 0.607. The monoisotopic (exact) mass is 769 g/mol. The van der Waals surface area contributed by atoms with Crippen LogP contribution in [0.1, 0.15) is 24.2 Å². The van der Waals surface area contributed by atoms with Gasteiger partial charge in [-0.25, -0.2) is 15.0 Å². The number of hydrogen-bond acceptors (Lipinski definition) is 5. The molecular weight excluding hydrogens is 735 g/mol. The Morgan fingerprint density at radius 2 is 0.950 bits per heavy atom. The number of nitrogens with zero attached hydrogens (tertiary/aromatic N) is 3. The summed E-state index contributed by atoms with van der Waals surface area (Å²) in [5.74, 6) is 1.89. The lowest BCUT2D eigenvalue weighted by Crippen LogP contribution is -2.05. The maximum atomic E-state index is 6.72. The number of hydrogen-bond donors (Lipinski definition) is 0. The van der Waals surface area contributed by atoms with Gasteiger partial charge in [0, 0.05) is 38.2 Å². The maximum Gasteiger partial charge on any atom is 0.164 e. The van der Waals surface area contributed by atoms with Crippen molar-refractivity contribution in [2.75, 3.05) is 0 Å². The first kappa shape index (κ1) is 34.2. The van der Waals surface area contributed by atoms with Crippen LogP contribution < -0.4 is 0 Å². The fraction of sp³-hybridized carbons (Fsp3) is 0.0364. The Hall–Kier alpha value is -7.89. The summed E-state index contributed by atoms with van der Waals surface area (Å²) in [5.41, 5.74) is 13.1. The second-order valence-corrected chi connectivity index (χ2v) is 15.4. The van der Waals surface area contributed by atoms with E-state index < -0.39 is 0 Å². The van der Waals surface area contributed by atoms with Crippen LogP contribution in [-0.2, 0) is 0 Å². The summed E-state index contributed by atoms with van der Waals surface area (Å²) in [6.45, 7) is 0. The molecule has 0 spiro atoms. The number of allylic oxidation sites excluding steroid dienone is 4. The van der Waals surface area contributed by atoms with E-state index in [4.69, 9.17) is 23.8 Å². The molecule has 282 valence electrons. The molecule has 8 aromatic carbocycles. The quantitative estimate of drug-likeness (QED) is 0.168. The zero-order chi connectivity index (χ0) is 39.6. The van der Waals surface area contributed by atoms with Gasteiger partial charge in [-0.1, -0.05) is 152 Å². The number of benzene rings is 8. The largest absolute Gasteiger partial charge is 0.456 e. The lowest BCUT2D eigenvalue weighted by atomic mass is 9.90. The summed E-state index contributed by atoms with van der Waals surface area (Å²) in [6.07, 6.45) is 6.10. The summed E-state index contributed by atoms with van der Waals surface area (Å²) in [5, 5.41) is 6.41. The molecule has 0 aliphatic heterocycles. The first-order valence-corrected chi connectivity index (χ1v) is 20.4. The average molecular weight is 770 g/mol. The molecule has 0 N–H and O–H groups in total. The first-order chi connectivity index (χ1) is 29.7. The van der Waals surface area contributed by atoms with Crippen LogP contribution in [0, 0.1) is 0 Å². The van der Waals surface area contributed by atoms with E-state index >= 15 is 0 Å². The van der Waals surface area contributed by atoms with E-state index in [2.05, 4.69) is 146 Å². The highest BCUT2D eigenvalue weighted by Gasteiger charge is 2.23. The molecule has 0 radical (unpaired) electrons. The molecule has 0 saturated carbocycles. The number of rotatable bonds is 6. The van der Waals surface area contributed by atoms with E-state index in [0.29, 0.717) is 17.5 Å². The van der Waals surface area contributed by atoms with Crippen LogP contribution in [0.4, 0.5) is 0 Å². The number of para-hydroxylation sites is 2. The van der Waals surface area contributed by atoms with E-state index in [-0.39, 0.29) is 0 Å². The van der Waals surface area contributed by atoms with Crippen LogP contribution in [0.15, 0.2) is 197 Å². The van der Waals surface area contributed by atoms with Crippen molar-refractivity contribution in [3.05, 3.63) is 199 Å². The van der Waals surface area contributed by atoms with E-state index in [1.54, 1.807) is 0 Å². The van der Waals surface area contributed by atoms with Gasteiger partial charge in [-0.2, -0.15) is 0 Å². The van der Waals surface area contributed by atoms with Gasteiger partial charge in [-0.3, -0.25) is 0 Å². The van der Waals surface area contributed by atoms with Gasteiger partial charge in [0.1, 0.15) is 22.3 Å². The Bertz CT molecular complexity index is 3540. The summed E-state index contributed by atoms with van der Waals surface area (Å²) < 4.78 is 13.1. The normalized spacial score (nSPS) is 13.1. The van der Waals surface area contributed by atoms with Gasteiger partial charge in [0.05, 0.1) is 0 Å². The summed E-state index contributed by atoms with van der Waals surface area (Å²) >= 11 is 0. The fourth-order valence-electron chi connectivity index (χ4n) is 9.01. The molecule has 0 amide bonds. The van der Waals surface area contributed by atoms with Gasteiger partial charge < -0.3 is 8.83 Å². The van der Waals surface area contributed by atoms with Crippen LogP contribution >= 0.6 is 0 Å². The molecule has 5 nitrogen and oxygen atoms in total. The number of fused-ring (bicyclic) bond motifs is 7. The molecule has 1 aliphatic rings. The molecule has 0 bridgehead atoms. The van der Waals surface area contributed by atoms with Gasteiger partial charge >= 0.3 is 0 Å². The third-order valence-corrected chi connectivity index (χ3v) is 11.9. The molecule has 12 rings (SSSR count). The predicted molar refractivity (Wildman–Crippen MR) is 245 cm³/mol. The highest BCUT2D eigenvalue weighted by atomic mass is 16.3. The van der Waals surface area contributed by atoms with Crippen LogP contribution in [0.5, 0.6) is 0 Å². The first-order valence-electron chi connectivity index (χ1n) is 20.4. The molecule has 0 fully saturated rings. The van der Waals surface area contributed by atoms with Gasteiger partial charge in [0.15, 0.2) is 17.5 Å². The lowest BCUT2D eigenvalue weighted by Gasteiger charge is -2.17. The fourth-order valence-corrected chi connectivity index (χ4v) is 9.01. The van der Waals surface area contributed by atoms with Crippen LogP contribution in [0.3, 0.4) is 0 Å². The van der Waals surface area contributed by atoms with Gasteiger partial charge in [0.2, 0.25) is 0 Å². The second-order valence-electron chi connectivity index (χ2n) is 15.4. The van der Waals surface area contributed by atoms with Crippen LogP contribution in [0.2, 0.25) is 0 Å². The average Bonchev–Trinajstić information content (AvgIpc) is 3.91. The van der Waals surface area contributed by atoms with Crippen molar-refractivity contribution < 1.29 is 8.83 Å². The molecule has 3 aromatic heterocycles. The second kappa shape index (κ2) is 13.9. The molecule has 1 aliphatic carbocycles. The summed E-state index contributed by atoms with van der Waals surface area (Å²) in [6, 6.07) is 61.2. The predicted octanol–water partition coefficient (Wildman–Crippen LogP) is 14.8. The zero-order valence-electron chi connectivity index (χ0n) is 32.5. The smallest absolute Gasteiger partial charge is 0.164 e. The minimum Gasteiger partial charge on any atom is -0.456 e. The minimum atomic E-state index is 0.607. The van der Waals surface area contributed by atoms with Gasteiger partial charge in [0.25, 0.3) is 0 Å². The Morgan fingerprint density at radius 1 is 0.350 bits per heavy atom. The van der Waals surface area contributed by atoms with E-state index in [9.17, 15) is 0 Å². The number of furan rings is 2. The van der Waals surface area contributed by atoms with E-state index in [1.165, 1.54) is 11.1 Å². The Kier molecular flexibility index (Phi) is 7.91. The summed E-state index contributed by atoms with van der Waals surface area (Å²) in [7, 11) is 0. The zero-order valence-corrected chi connectivity index (χ0v) is 32.5. The SMILES string of the molecule is C1=C(c2ccccc2)CCC(c2nc(-c3cc(-c4ccc(-c5ccccc5)c5oc6ccccc6c45)c4ccccc4c3)nc(-c3cccc4oc5ccccc5c34)n2)=C1. The molecule has 0 unspecified atom stereocenters. The molecule has 3 heterocycles. The van der Waals surface area contributed by atoms with Gasteiger partial charge in [-0.15, -0.1) is 0 Å². The number of aromatic nitrogens is 3. The highest BCUT2D eigenvalue weighted by Crippen LogP contribution is 2.45. The van der Waals surface area contributed by atoms with Crippen molar-refractivity contribution in [3.8, 4) is 45.0 Å². The Morgan fingerprint density at radius 3 is 1.73 bits per heavy atom. The van der Waals surface area contributed by atoms with Crippen molar-refractivity contribution in [1.29, 1.82) is 0 Å².